The summed E-state index contributed by atoms with van der Waals surface area (Å²) in [5.74, 6) is 1.28. The number of hydrogen-bond acceptors (Lipinski definition) is 3. The number of ketones is 1. The molecular weight excluding hydrogens is 324 g/mol. The Balaban J connectivity index is 1.54. The number of ether oxygens (including phenoxy) is 1. The third kappa shape index (κ3) is 5.43. The van der Waals surface area contributed by atoms with E-state index in [0.29, 0.717) is 23.7 Å². The van der Waals surface area contributed by atoms with Crippen LogP contribution in [0.2, 0.25) is 0 Å². The first-order chi connectivity index (χ1) is 12.7. The summed E-state index contributed by atoms with van der Waals surface area (Å²) in [4.78, 5) is 12.6. The molecule has 0 bridgehead atoms. The molecule has 26 heavy (non-hydrogen) atoms. The van der Waals surface area contributed by atoms with Gasteiger partial charge in [-0.05, 0) is 36.5 Å². The van der Waals surface area contributed by atoms with Gasteiger partial charge in [0.1, 0.15) is 12.4 Å². The van der Waals surface area contributed by atoms with Gasteiger partial charge < -0.3 is 9.84 Å². The van der Waals surface area contributed by atoms with Gasteiger partial charge in [0.2, 0.25) is 0 Å². The number of carbonyl (C=O) groups is 1. The smallest absolute Gasteiger partial charge is 0.166 e. The lowest BCUT2D eigenvalue weighted by molar-refractivity contribution is 0.0834. The topological polar surface area (TPSA) is 46.5 Å². The standard InChI is InChI=1S/C23H28O3/c24-20(16-19-10-4-5-11-19)17-26-23-13-7-6-12-21(23)22(25)15-14-18-8-2-1-3-9-18/h1-3,6-9,12-13,19-20,24H,4-5,10-11,14-17H2. The number of hydrogen-bond donors (Lipinski definition) is 1. The van der Waals surface area contributed by atoms with Crippen LogP contribution >= 0.6 is 0 Å². The van der Waals surface area contributed by atoms with Crippen LogP contribution in [0.25, 0.3) is 0 Å². The van der Waals surface area contributed by atoms with Crippen LogP contribution in [0.3, 0.4) is 0 Å². The van der Waals surface area contributed by atoms with Crippen molar-refractivity contribution in [3.8, 4) is 5.75 Å². The lowest BCUT2D eigenvalue weighted by Gasteiger charge is -2.17. The largest absolute Gasteiger partial charge is 0.490 e. The van der Waals surface area contributed by atoms with Gasteiger partial charge in [-0.1, -0.05) is 68.1 Å². The molecule has 1 atom stereocenters. The Labute approximate surface area is 156 Å². The van der Waals surface area contributed by atoms with E-state index in [1.165, 1.54) is 25.7 Å². The lowest BCUT2D eigenvalue weighted by atomic mass is 10.0. The van der Waals surface area contributed by atoms with Crippen molar-refractivity contribution in [2.45, 2.75) is 51.0 Å². The molecule has 1 fully saturated rings. The molecule has 0 amide bonds. The van der Waals surface area contributed by atoms with Crippen molar-refractivity contribution < 1.29 is 14.6 Å². The maximum Gasteiger partial charge on any atom is 0.166 e. The summed E-state index contributed by atoms with van der Waals surface area (Å²) < 4.78 is 5.81. The SMILES string of the molecule is O=C(CCc1ccccc1)c1ccccc1OCC(O)CC1CCCC1. The molecule has 2 aromatic rings. The van der Waals surface area contributed by atoms with E-state index in [2.05, 4.69) is 0 Å². The van der Waals surface area contributed by atoms with Crippen molar-refractivity contribution in [1.82, 2.24) is 0 Å². The molecule has 2 aromatic carbocycles. The number of carbonyl (C=O) groups excluding carboxylic acids is 1. The molecule has 3 nitrogen and oxygen atoms in total. The number of para-hydroxylation sites is 1. The molecule has 0 spiro atoms. The van der Waals surface area contributed by atoms with E-state index in [1.54, 1.807) is 0 Å². The first-order valence-corrected chi connectivity index (χ1v) is 9.69. The highest BCUT2D eigenvalue weighted by Gasteiger charge is 2.20. The molecule has 1 N–H and O–H groups in total. The molecule has 3 rings (SSSR count). The van der Waals surface area contributed by atoms with E-state index in [1.807, 2.05) is 54.6 Å². The normalized spacial score (nSPS) is 15.7. The van der Waals surface area contributed by atoms with Crippen LogP contribution in [0, 0.1) is 5.92 Å². The minimum absolute atomic E-state index is 0.0785. The number of aliphatic hydroxyl groups excluding tert-OH is 1. The summed E-state index contributed by atoms with van der Waals surface area (Å²) in [7, 11) is 0. The van der Waals surface area contributed by atoms with E-state index in [0.717, 1.165) is 18.4 Å². The molecular formula is C23H28O3. The molecule has 0 radical (unpaired) electrons. The zero-order valence-electron chi connectivity index (χ0n) is 15.3. The minimum atomic E-state index is -0.467. The van der Waals surface area contributed by atoms with Crippen molar-refractivity contribution >= 4 is 5.78 Å². The second kappa shape index (κ2) is 9.54. The Kier molecular flexibility index (Phi) is 6.84. The Morgan fingerprint density at radius 3 is 2.50 bits per heavy atom. The number of Topliss-reactive ketones (excluding diaryl/α,β-unsaturated/α-hetero) is 1. The summed E-state index contributed by atoms with van der Waals surface area (Å²) in [6.07, 6.45) is 6.48. The monoisotopic (exact) mass is 352 g/mol. The van der Waals surface area contributed by atoms with Crippen LogP contribution in [0.1, 0.15) is 54.4 Å². The highest BCUT2D eigenvalue weighted by atomic mass is 16.5. The highest BCUT2D eigenvalue weighted by Crippen LogP contribution is 2.29. The van der Waals surface area contributed by atoms with E-state index < -0.39 is 6.10 Å². The zero-order chi connectivity index (χ0) is 18.2. The number of rotatable bonds is 9. The van der Waals surface area contributed by atoms with Crippen molar-refractivity contribution in [1.29, 1.82) is 0 Å². The van der Waals surface area contributed by atoms with Crippen molar-refractivity contribution in [3.05, 3.63) is 65.7 Å². The van der Waals surface area contributed by atoms with Gasteiger partial charge in [0, 0.05) is 6.42 Å². The molecule has 138 valence electrons. The predicted octanol–water partition coefficient (Wildman–Crippen LogP) is 4.82. The third-order valence-corrected chi connectivity index (χ3v) is 5.18. The summed E-state index contributed by atoms with van der Waals surface area (Å²) in [6, 6.07) is 17.4. The molecule has 1 saturated carbocycles. The quantitative estimate of drug-likeness (QED) is 0.658. The van der Waals surface area contributed by atoms with E-state index in [9.17, 15) is 9.90 Å². The van der Waals surface area contributed by atoms with Crippen LogP contribution in [-0.4, -0.2) is 23.6 Å². The molecule has 0 aromatic heterocycles. The lowest BCUT2D eigenvalue weighted by Crippen LogP contribution is -2.21. The Morgan fingerprint density at radius 2 is 1.73 bits per heavy atom. The Bertz CT molecular complexity index is 690. The van der Waals surface area contributed by atoms with Crippen LogP contribution in [0.15, 0.2) is 54.6 Å². The molecule has 0 heterocycles. The molecule has 1 unspecified atom stereocenters. The van der Waals surface area contributed by atoms with Gasteiger partial charge in [0.05, 0.1) is 11.7 Å². The van der Waals surface area contributed by atoms with Gasteiger partial charge >= 0.3 is 0 Å². The number of aliphatic hydroxyl groups is 1. The third-order valence-electron chi connectivity index (χ3n) is 5.18. The van der Waals surface area contributed by atoms with Crippen molar-refractivity contribution in [2.75, 3.05) is 6.61 Å². The molecule has 0 aliphatic heterocycles. The molecule has 1 aliphatic rings. The number of benzene rings is 2. The fourth-order valence-electron chi connectivity index (χ4n) is 3.74. The van der Waals surface area contributed by atoms with Gasteiger partial charge in [-0.2, -0.15) is 0 Å². The zero-order valence-corrected chi connectivity index (χ0v) is 15.3. The molecule has 0 saturated heterocycles. The van der Waals surface area contributed by atoms with E-state index in [-0.39, 0.29) is 12.4 Å². The van der Waals surface area contributed by atoms with Gasteiger partial charge in [-0.3, -0.25) is 4.79 Å². The Hall–Kier alpha value is -2.13. The highest BCUT2D eigenvalue weighted by molar-refractivity contribution is 5.98. The fourth-order valence-corrected chi connectivity index (χ4v) is 3.74. The maximum absolute atomic E-state index is 12.6. The van der Waals surface area contributed by atoms with Gasteiger partial charge in [-0.25, -0.2) is 0 Å². The first kappa shape index (κ1) is 18.7. The van der Waals surface area contributed by atoms with Crippen LogP contribution in [0.4, 0.5) is 0 Å². The predicted molar refractivity (Wildman–Crippen MR) is 104 cm³/mol. The summed E-state index contributed by atoms with van der Waals surface area (Å²) in [5.41, 5.74) is 1.77. The summed E-state index contributed by atoms with van der Waals surface area (Å²) >= 11 is 0. The second-order valence-electron chi connectivity index (χ2n) is 7.26. The van der Waals surface area contributed by atoms with Gasteiger partial charge in [0.25, 0.3) is 0 Å². The van der Waals surface area contributed by atoms with Crippen LogP contribution in [-0.2, 0) is 6.42 Å². The first-order valence-electron chi connectivity index (χ1n) is 9.69. The minimum Gasteiger partial charge on any atom is -0.490 e. The van der Waals surface area contributed by atoms with Crippen LogP contribution < -0.4 is 4.74 Å². The van der Waals surface area contributed by atoms with E-state index in [4.69, 9.17) is 4.74 Å². The van der Waals surface area contributed by atoms with E-state index >= 15 is 0 Å². The maximum atomic E-state index is 12.6. The van der Waals surface area contributed by atoms with Gasteiger partial charge in [0.15, 0.2) is 5.78 Å². The Morgan fingerprint density at radius 1 is 1.04 bits per heavy atom. The fraction of sp³-hybridized carbons (Fsp3) is 0.435. The average molecular weight is 352 g/mol. The van der Waals surface area contributed by atoms with Crippen LogP contribution in [0.5, 0.6) is 5.75 Å². The number of aryl methyl sites for hydroxylation is 1. The molecule has 1 aliphatic carbocycles. The van der Waals surface area contributed by atoms with Gasteiger partial charge in [-0.15, -0.1) is 0 Å². The summed E-state index contributed by atoms with van der Waals surface area (Å²) in [6.45, 7) is 0.249. The summed E-state index contributed by atoms with van der Waals surface area (Å²) in [5, 5.41) is 10.2. The average Bonchev–Trinajstić information content (AvgIpc) is 3.18. The second-order valence-corrected chi connectivity index (χ2v) is 7.26. The van der Waals surface area contributed by atoms with Crippen molar-refractivity contribution in [2.24, 2.45) is 5.92 Å². The molecule has 3 heteroatoms. The van der Waals surface area contributed by atoms with Crippen molar-refractivity contribution in [3.63, 3.8) is 0 Å².